The number of amides is 1. The van der Waals surface area contributed by atoms with Crippen molar-refractivity contribution in [1.82, 2.24) is 10.2 Å². The minimum absolute atomic E-state index is 0.0156. The number of benzene rings is 1. The van der Waals surface area contributed by atoms with Gasteiger partial charge < -0.3 is 19.7 Å². The van der Waals surface area contributed by atoms with E-state index >= 15 is 0 Å². The molecule has 0 aliphatic carbocycles. The summed E-state index contributed by atoms with van der Waals surface area (Å²) in [7, 11) is 0. The predicted octanol–water partition coefficient (Wildman–Crippen LogP) is 15.1. The molecule has 6 nitrogen and oxygen atoms in total. The molecule has 0 aromatic heterocycles. The van der Waals surface area contributed by atoms with Crippen LogP contribution in [0.3, 0.4) is 0 Å². The van der Waals surface area contributed by atoms with Gasteiger partial charge in [-0.15, -0.1) is 0 Å². The van der Waals surface area contributed by atoms with Gasteiger partial charge in [0.2, 0.25) is 5.91 Å². The van der Waals surface area contributed by atoms with E-state index in [2.05, 4.69) is 31.0 Å². The Morgan fingerprint density at radius 3 is 1.49 bits per heavy atom. The first kappa shape index (κ1) is 55.1. The third-order valence-corrected chi connectivity index (χ3v) is 12.2. The van der Waals surface area contributed by atoms with Gasteiger partial charge in [0.15, 0.2) is 0 Å². The molecule has 1 N–H and O–H groups in total. The molecule has 59 heavy (non-hydrogen) atoms. The van der Waals surface area contributed by atoms with Crippen molar-refractivity contribution in [3.05, 3.63) is 35.9 Å². The van der Waals surface area contributed by atoms with E-state index in [1.165, 1.54) is 186 Å². The highest BCUT2D eigenvalue weighted by molar-refractivity contribution is 5.77. The second-order valence-corrected chi connectivity index (χ2v) is 17.9. The molecule has 0 aliphatic heterocycles. The standard InChI is InChI=1S/C53H98N2O4/c1-4-7-10-13-16-25-35-47-59-53(57)42-32-22-18-24-34-45-55(46-36-43-54-52(56)49-58-48-51-40-30-26-31-41-51)44-33-23-17-21-29-39-50(37-27-19-14-11-8-5-2)38-28-20-15-12-9-6-3/h26,30-31,40-41,50H,4-25,27-29,32-39,42-49H2,1-3H3,(H,54,56). The Morgan fingerprint density at radius 2 is 0.966 bits per heavy atom. The van der Waals surface area contributed by atoms with Crippen LogP contribution in [0, 0.1) is 5.92 Å². The second-order valence-electron chi connectivity index (χ2n) is 17.9. The molecule has 6 heteroatoms. The molecule has 0 unspecified atom stereocenters. The minimum atomic E-state index is -0.0321. The van der Waals surface area contributed by atoms with Crippen LogP contribution in [-0.2, 0) is 25.7 Å². The Bertz CT molecular complexity index is 1000. The van der Waals surface area contributed by atoms with E-state index in [9.17, 15) is 9.59 Å². The van der Waals surface area contributed by atoms with Crippen LogP contribution in [0.4, 0.5) is 0 Å². The molecule has 1 aromatic carbocycles. The molecule has 1 rings (SSSR count). The van der Waals surface area contributed by atoms with E-state index in [1.54, 1.807) is 0 Å². The van der Waals surface area contributed by atoms with Crippen molar-refractivity contribution in [2.45, 2.75) is 246 Å². The normalized spacial score (nSPS) is 11.5. The molecule has 0 fully saturated rings. The lowest BCUT2D eigenvalue weighted by atomic mass is 9.89. The van der Waals surface area contributed by atoms with Crippen molar-refractivity contribution in [1.29, 1.82) is 0 Å². The fourth-order valence-corrected chi connectivity index (χ4v) is 8.36. The Morgan fingerprint density at radius 1 is 0.525 bits per heavy atom. The van der Waals surface area contributed by atoms with Gasteiger partial charge in [0.25, 0.3) is 0 Å². The molecule has 1 aromatic rings. The number of esters is 1. The van der Waals surface area contributed by atoms with Gasteiger partial charge in [-0.05, 0) is 63.2 Å². The summed E-state index contributed by atoms with van der Waals surface area (Å²) < 4.78 is 11.1. The van der Waals surface area contributed by atoms with Gasteiger partial charge >= 0.3 is 5.97 Å². The maximum Gasteiger partial charge on any atom is 0.305 e. The van der Waals surface area contributed by atoms with E-state index in [0.717, 1.165) is 56.8 Å². The van der Waals surface area contributed by atoms with Crippen molar-refractivity contribution in [2.75, 3.05) is 39.4 Å². The number of nitrogens with zero attached hydrogens (tertiary/aromatic N) is 1. The van der Waals surface area contributed by atoms with Crippen molar-refractivity contribution in [2.24, 2.45) is 5.92 Å². The smallest absolute Gasteiger partial charge is 0.305 e. The zero-order valence-electron chi connectivity index (χ0n) is 39.5. The number of hydrogen-bond acceptors (Lipinski definition) is 5. The molecular formula is C53H98N2O4. The van der Waals surface area contributed by atoms with Crippen LogP contribution >= 0.6 is 0 Å². The minimum Gasteiger partial charge on any atom is -0.466 e. The molecular weight excluding hydrogens is 729 g/mol. The van der Waals surface area contributed by atoms with Crippen molar-refractivity contribution >= 4 is 11.9 Å². The highest BCUT2D eigenvalue weighted by atomic mass is 16.5. The fourth-order valence-electron chi connectivity index (χ4n) is 8.36. The Balaban J connectivity index is 2.35. The quantitative estimate of drug-likeness (QED) is 0.0524. The summed E-state index contributed by atoms with van der Waals surface area (Å²) in [5, 5.41) is 3.07. The predicted molar refractivity (Wildman–Crippen MR) is 254 cm³/mol. The molecule has 0 spiro atoms. The molecule has 1 amide bonds. The van der Waals surface area contributed by atoms with Crippen LogP contribution in [0.15, 0.2) is 30.3 Å². The summed E-state index contributed by atoms with van der Waals surface area (Å²) in [6.07, 6.45) is 43.9. The van der Waals surface area contributed by atoms with Gasteiger partial charge in [-0.1, -0.05) is 231 Å². The van der Waals surface area contributed by atoms with Gasteiger partial charge in [0.1, 0.15) is 6.61 Å². The van der Waals surface area contributed by atoms with Crippen LogP contribution < -0.4 is 5.32 Å². The lowest BCUT2D eigenvalue weighted by molar-refractivity contribution is -0.143. The van der Waals surface area contributed by atoms with Gasteiger partial charge in [-0.25, -0.2) is 0 Å². The van der Waals surface area contributed by atoms with E-state index in [4.69, 9.17) is 9.47 Å². The topological polar surface area (TPSA) is 67.9 Å². The first-order valence-electron chi connectivity index (χ1n) is 25.8. The van der Waals surface area contributed by atoms with Gasteiger partial charge in [0, 0.05) is 13.0 Å². The summed E-state index contributed by atoms with van der Waals surface area (Å²) >= 11 is 0. The highest BCUT2D eigenvalue weighted by Gasteiger charge is 2.10. The van der Waals surface area contributed by atoms with Crippen LogP contribution in [-0.4, -0.2) is 56.2 Å². The largest absolute Gasteiger partial charge is 0.466 e. The highest BCUT2D eigenvalue weighted by Crippen LogP contribution is 2.25. The molecule has 0 radical (unpaired) electrons. The van der Waals surface area contributed by atoms with Crippen LogP contribution in [0.1, 0.15) is 245 Å². The average Bonchev–Trinajstić information content (AvgIpc) is 3.24. The Hall–Kier alpha value is -1.92. The molecule has 0 saturated carbocycles. The number of hydrogen-bond donors (Lipinski definition) is 1. The number of carbonyl (C=O) groups is 2. The van der Waals surface area contributed by atoms with Crippen LogP contribution in [0.5, 0.6) is 0 Å². The zero-order chi connectivity index (χ0) is 42.5. The van der Waals surface area contributed by atoms with E-state index in [1.807, 2.05) is 30.3 Å². The Kier molecular flexibility index (Phi) is 41.2. The number of carbonyl (C=O) groups excluding carboxylic acids is 2. The summed E-state index contributed by atoms with van der Waals surface area (Å²) in [4.78, 5) is 27.2. The summed E-state index contributed by atoms with van der Waals surface area (Å²) in [6.45, 7) is 12.0. The third kappa shape index (κ3) is 38.7. The lowest BCUT2D eigenvalue weighted by Gasteiger charge is -2.22. The Labute approximate surface area is 366 Å². The van der Waals surface area contributed by atoms with Crippen molar-refractivity contribution in [3.63, 3.8) is 0 Å². The molecule has 0 aliphatic rings. The number of ether oxygens (including phenoxy) is 2. The number of nitrogens with one attached hydrogen (secondary N) is 1. The molecule has 344 valence electrons. The van der Waals surface area contributed by atoms with E-state index < -0.39 is 0 Å². The van der Waals surface area contributed by atoms with Crippen LogP contribution in [0.25, 0.3) is 0 Å². The summed E-state index contributed by atoms with van der Waals surface area (Å²) in [6, 6.07) is 10.0. The van der Waals surface area contributed by atoms with Gasteiger partial charge in [0.05, 0.1) is 13.2 Å². The molecule has 0 heterocycles. The summed E-state index contributed by atoms with van der Waals surface area (Å²) in [5.41, 5.74) is 1.09. The monoisotopic (exact) mass is 827 g/mol. The fraction of sp³-hybridized carbons (Fsp3) is 0.849. The lowest BCUT2D eigenvalue weighted by Crippen LogP contribution is -2.33. The van der Waals surface area contributed by atoms with Crippen molar-refractivity contribution < 1.29 is 19.1 Å². The maximum atomic E-state index is 12.4. The first-order valence-corrected chi connectivity index (χ1v) is 25.8. The van der Waals surface area contributed by atoms with Gasteiger partial charge in [-0.3, -0.25) is 9.59 Å². The number of unbranched alkanes of at least 4 members (excludes halogenated alkanes) is 24. The molecule has 0 bridgehead atoms. The molecule has 0 atom stereocenters. The van der Waals surface area contributed by atoms with E-state index in [0.29, 0.717) is 26.2 Å². The molecule has 0 saturated heterocycles. The number of rotatable bonds is 46. The maximum absolute atomic E-state index is 12.4. The first-order chi connectivity index (χ1) is 29.1. The average molecular weight is 827 g/mol. The SMILES string of the molecule is CCCCCCCCCOC(=O)CCCCCCCN(CCCCCCCC(CCCCCCCC)CCCCCCCC)CCCNC(=O)COCc1ccccc1. The zero-order valence-corrected chi connectivity index (χ0v) is 39.5. The van der Waals surface area contributed by atoms with E-state index in [-0.39, 0.29) is 18.5 Å². The third-order valence-electron chi connectivity index (χ3n) is 12.2. The van der Waals surface area contributed by atoms with Crippen LogP contribution in [0.2, 0.25) is 0 Å². The van der Waals surface area contributed by atoms with Crippen molar-refractivity contribution in [3.8, 4) is 0 Å². The second kappa shape index (κ2) is 44.1. The summed E-state index contributed by atoms with van der Waals surface area (Å²) in [5.74, 6) is 0.904. The van der Waals surface area contributed by atoms with Gasteiger partial charge in [-0.2, -0.15) is 0 Å².